The first kappa shape index (κ1) is 17.0. The highest BCUT2D eigenvalue weighted by molar-refractivity contribution is 5.94. The molecule has 5 rings (SSSR count). The van der Waals surface area contributed by atoms with Crippen molar-refractivity contribution in [3.63, 3.8) is 0 Å². The van der Waals surface area contributed by atoms with E-state index in [-0.39, 0.29) is 11.9 Å². The van der Waals surface area contributed by atoms with E-state index in [1.807, 2.05) is 6.20 Å². The van der Waals surface area contributed by atoms with Crippen molar-refractivity contribution in [1.29, 1.82) is 0 Å². The number of rotatable bonds is 4. The van der Waals surface area contributed by atoms with E-state index in [0.29, 0.717) is 36.2 Å². The Morgan fingerprint density at radius 3 is 2.75 bits per heavy atom. The lowest BCUT2D eigenvalue weighted by Crippen LogP contribution is -2.39. The fraction of sp³-hybridized carbons (Fsp3) is 0.421. The number of halogens is 1. The molecule has 28 heavy (non-hydrogen) atoms. The van der Waals surface area contributed by atoms with Gasteiger partial charge >= 0.3 is 0 Å². The lowest BCUT2D eigenvalue weighted by molar-refractivity contribution is 0.0688. The van der Waals surface area contributed by atoms with Gasteiger partial charge in [0, 0.05) is 24.6 Å². The number of piperidine rings is 1. The zero-order valence-electron chi connectivity index (χ0n) is 15.2. The Labute approximate surface area is 160 Å². The molecule has 144 valence electrons. The predicted molar refractivity (Wildman–Crippen MR) is 95.9 cm³/mol. The molecule has 0 atom stereocenters. The largest absolute Gasteiger partial charge is 0.338 e. The molecule has 1 amide bonds. The molecule has 9 heteroatoms. The summed E-state index contributed by atoms with van der Waals surface area (Å²) in [4.78, 5) is 18.7. The van der Waals surface area contributed by atoms with Gasteiger partial charge in [-0.1, -0.05) is 16.4 Å². The number of benzene rings is 1. The van der Waals surface area contributed by atoms with Crippen LogP contribution >= 0.6 is 0 Å². The van der Waals surface area contributed by atoms with Gasteiger partial charge in [-0.05, 0) is 43.9 Å². The number of aromatic nitrogens is 5. The predicted octanol–water partition coefficient (Wildman–Crippen LogP) is 2.82. The molecule has 0 spiro atoms. The summed E-state index contributed by atoms with van der Waals surface area (Å²) in [5.41, 5.74) is 0.946. The molecular weight excluding hydrogens is 363 g/mol. The minimum atomic E-state index is -0.401. The Morgan fingerprint density at radius 1 is 1.18 bits per heavy atom. The highest BCUT2D eigenvalue weighted by Crippen LogP contribution is 2.38. The van der Waals surface area contributed by atoms with Crippen molar-refractivity contribution in [2.75, 3.05) is 13.1 Å². The SMILES string of the molecule is O=C(c1cccc(F)c1)N1CCC(n2cc(-c3nc(C4CC4)no3)nn2)CC1. The minimum Gasteiger partial charge on any atom is -0.338 e. The molecule has 2 aliphatic rings. The lowest BCUT2D eigenvalue weighted by Gasteiger charge is -2.31. The molecule has 2 fully saturated rings. The highest BCUT2D eigenvalue weighted by atomic mass is 19.1. The van der Waals surface area contributed by atoms with Crippen molar-refractivity contribution in [2.45, 2.75) is 37.6 Å². The number of carbonyl (C=O) groups is 1. The van der Waals surface area contributed by atoms with E-state index in [1.54, 1.807) is 21.7 Å². The van der Waals surface area contributed by atoms with Crippen LogP contribution in [-0.4, -0.2) is 49.0 Å². The van der Waals surface area contributed by atoms with E-state index in [9.17, 15) is 9.18 Å². The number of nitrogens with zero attached hydrogens (tertiary/aromatic N) is 6. The van der Waals surface area contributed by atoms with Crippen LogP contribution in [0.5, 0.6) is 0 Å². The smallest absolute Gasteiger partial charge is 0.280 e. The van der Waals surface area contributed by atoms with Crippen LogP contribution in [0.15, 0.2) is 35.0 Å². The minimum absolute atomic E-state index is 0.142. The van der Waals surface area contributed by atoms with Gasteiger partial charge in [0.25, 0.3) is 11.8 Å². The van der Waals surface area contributed by atoms with Gasteiger partial charge in [-0.25, -0.2) is 9.07 Å². The van der Waals surface area contributed by atoms with Gasteiger partial charge in [-0.15, -0.1) is 5.10 Å². The van der Waals surface area contributed by atoms with Crippen molar-refractivity contribution < 1.29 is 13.7 Å². The molecule has 0 bridgehead atoms. The zero-order valence-corrected chi connectivity index (χ0v) is 15.2. The molecule has 1 aromatic carbocycles. The molecule has 3 aromatic rings. The van der Waals surface area contributed by atoms with Crippen LogP contribution in [0.1, 0.15) is 53.8 Å². The fourth-order valence-electron chi connectivity index (χ4n) is 3.54. The van der Waals surface area contributed by atoms with Crippen molar-refractivity contribution in [2.24, 2.45) is 0 Å². The van der Waals surface area contributed by atoms with Crippen LogP contribution < -0.4 is 0 Å². The molecular formula is C19H19FN6O2. The normalized spacial score (nSPS) is 17.8. The third-order valence-electron chi connectivity index (χ3n) is 5.31. The third kappa shape index (κ3) is 3.28. The summed E-state index contributed by atoms with van der Waals surface area (Å²) in [6.07, 6.45) is 5.54. The van der Waals surface area contributed by atoms with Crippen LogP contribution in [-0.2, 0) is 0 Å². The van der Waals surface area contributed by atoms with E-state index in [4.69, 9.17) is 4.52 Å². The average molecular weight is 382 g/mol. The van der Waals surface area contributed by atoms with E-state index >= 15 is 0 Å². The van der Waals surface area contributed by atoms with E-state index in [0.717, 1.165) is 31.5 Å². The summed E-state index contributed by atoms with van der Waals surface area (Å²) in [5.74, 6) is 1.02. The van der Waals surface area contributed by atoms with E-state index in [2.05, 4.69) is 20.5 Å². The summed E-state index contributed by atoms with van der Waals surface area (Å²) in [7, 11) is 0. The second-order valence-corrected chi connectivity index (χ2v) is 7.35. The fourth-order valence-corrected chi connectivity index (χ4v) is 3.54. The molecule has 1 aliphatic heterocycles. The maximum Gasteiger partial charge on any atom is 0.280 e. The van der Waals surface area contributed by atoms with Crippen molar-refractivity contribution in [1.82, 2.24) is 30.0 Å². The second kappa shape index (κ2) is 6.81. The first-order valence-electron chi connectivity index (χ1n) is 9.48. The molecule has 0 N–H and O–H groups in total. The summed E-state index contributed by atoms with van der Waals surface area (Å²) in [6, 6.07) is 5.95. The highest BCUT2D eigenvalue weighted by Gasteiger charge is 2.30. The summed E-state index contributed by atoms with van der Waals surface area (Å²) in [6.45, 7) is 1.17. The van der Waals surface area contributed by atoms with Gasteiger partial charge < -0.3 is 9.42 Å². The van der Waals surface area contributed by atoms with Crippen LogP contribution in [0.4, 0.5) is 4.39 Å². The molecule has 0 radical (unpaired) electrons. The lowest BCUT2D eigenvalue weighted by atomic mass is 10.0. The summed E-state index contributed by atoms with van der Waals surface area (Å²) < 4.78 is 20.5. The van der Waals surface area contributed by atoms with E-state index in [1.165, 1.54) is 12.1 Å². The van der Waals surface area contributed by atoms with Crippen LogP contribution in [0.2, 0.25) is 0 Å². The first-order valence-corrected chi connectivity index (χ1v) is 9.48. The number of hydrogen-bond acceptors (Lipinski definition) is 6. The maximum atomic E-state index is 13.4. The molecule has 0 unspecified atom stereocenters. The average Bonchev–Trinajstić information content (AvgIpc) is 3.25. The Balaban J connectivity index is 1.23. The summed E-state index contributed by atoms with van der Waals surface area (Å²) in [5, 5.41) is 12.4. The number of carbonyl (C=O) groups excluding carboxylic acids is 1. The molecule has 2 aromatic heterocycles. The molecule has 1 aliphatic carbocycles. The van der Waals surface area contributed by atoms with Gasteiger partial charge in [-0.2, -0.15) is 4.98 Å². The van der Waals surface area contributed by atoms with Gasteiger partial charge in [0.15, 0.2) is 11.5 Å². The van der Waals surface area contributed by atoms with Crippen LogP contribution in [0.25, 0.3) is 11.6 Å². The Kier molecular flexibility index (Phi) is 4.14. The molecule has 3 heterocycles. The van der Waals surface area contributed by atoms with E-state index < -0.39 is 5.82 Å². The molecule has 8 nitrogen and oxygen atoms in total. The van der Waals surface area contributed by atoms with Crippen LogP contribution in [0, 0.1) is 5.82 Å². The molecule has 1 saturated heterocycles. The third-order valence-corrected chi connectivity index (χ3v) is 5.31. The zero-order chi connectivity index (χ0) is 19.1. The van der Waals surface area contributed by atoms with Crippen molar-refractivity contribution in [3.8, 4) is 11.6 Å². The topological polar surface area (TPSA) is 89.9 Å². The quantitative estimate of drug-likeness (QED) is 0.689. The Bertz CT molecular complexity index is 1000. The van der Waals surface area contributed by atoms with Crippen molar-refractivity contribution >= 4 is 5.91 Å². The monoisotopic (exact) mass is 382 g/mol. The number of amides is 1. The Hall–Kier alpha value is -3.10. The first-order chi connectivity index (χ1) is 13.7. The second-order valence-electron chi connectivity index (χ2n) is 7.35. The number of hydrogen-bond donors (Lipinski definition) is 0. The van der Waals surface area contributed by atoms with Gasteiger partial charge in [0.1, 0.15) is 5.82 Å². The van der Waals surface area contributed by atoms with Gasteiger partial charge in [-0.3, -0.25) is 4.79 Å². The van der Waals surface area contributed by atoms with Crippen LogP contribution in [0.3, 0.4) is 0 Å². The van der Waals surface area contributed by atoms with Crippen molar-refractivity contribution in [3.05, 3.63) is 47.7 Å². The Morgan fingerprint density at radius 2 is 2.00 bits per heavy atom. The number of likely N-dealkylation sites (tertiary alicyclic amines) is 1. The maximum absolute atomic E-state index is 13.4. The summed E-state index contributed by atoms with van der Waals surface area (Å²) >= 11 is 0. The standard InChI is InChI=1S/C19H19FN6O2/c20-14-3-1-2-13(10-14)19(27)25-8-6-15(7-9-25)26-11-16(22-24-26)18-21-17(23-28-18)12-4-5-12/h1-3,10-12,15H,4-9H2. The molecule has 1 saturated carbocycles. The van der Waals surface area contributed by atoms with Gasteiger partial charge in [0.05, 0.1) is 12.2 Å². The van der Waals surface area contributed by atoms with Gasteiger partial charge in [0.2, 0.25) is 0 Å².